The molecular formula is C9H10INO2. The lowest BCUT2D eigenvalue weighted by molar-refractivity contribution is 0.0517. The first kappa shape index (κ1) is 10.5. The third-order valence-electron chi connectivity index (χ3n) is 1.43. The number of nitrogens with two attached hydrogens (primary N) is 1. The van der Waals surface area contributed by atoms with Crippen molar-refractivity contribution < 1.29 is 9.53 Å². The molecule has 70 valence electrons. The van der Waals surface area contributed by atoms with Crippen molar-refractivity contribution in [3.63, 3.8) is 0 Å². The molecule has 0 spiro atoms. The van der Waals surface area contributed by atoms with Crippen LogP contribution in [0.1, 0.15) is 10.4 Å². The zero-order valence-corrected chi connectivity index (χ0v) is 9.15. The summed E-state index contributed by atoms with van der Waals surface area (Å²) in [6.45, 7) is 0.626. The van der Waals surface area contributed by atoms with Gasteiger partial charge in [-0.2, -0.15) is 0 Å². The van der Waals surface area contributed by atoms with Gasteiger partial charge in [0.2, 0.25) is 0 Å². The van der Waals surface area contributed by atoms with Crippen LogP contribution in [0.2, 0.25) is 0 Å². The number of carbonyl (C=O) groups is 1. The molecule has 0 bridgehead atoms. The van der Waals surface area contributed by atoms with E-state index < -0.39 is 0 Å². The predicted octanol–water partition coefficient (Wildman–Crippen LogP) is 1.41. The molecule has 0 unspecified atom stereocenters. The van der Waals surface area contributed by atoms with Gasteiger partial charge < -0.3 is 10.5 Å². The Kier molecular flexibility index (Phi) is 4.17. The molecule has 0 amide bonds. The zero-order valence-electron chi connectivity index (χ0n) is 7.00. The number of carbonyl (C=O) groups excluding carboxylic acids is 1. The smallest absolute Gasteiger partial charge is 0.338 e. The first-order chi connectivity index (χ1) is 6.24. The van der Waals surface area contributed by atoms with Crippen molar-refractivity contribution in [1.82, 2.24) is 0 Å². The van der Waals surface area contributed by atoms with Gasteiger partial charge in [-0.25, -0.2) is 4.79 Å². The van der Waals surface area contributed by atoms with Gasteiger partial charge in [-0.1, -0.05) is 0 Å². The molecule has 0 aliphatic carbocycles. The largest absolute Gasteiger partial charge is 0.461 e. The van der Waals surface area contributed by atoms with E-state index in [9.17, 15) is 4.79 Å². The van der Waals surface area contributed by atoms with Crippen LogP contribution in [-0.2, 0) is 4.74 Å². The van der Waals surface area contributed by atoms with Crippen molar-refractivity contribution in [1.29, 1.82) is 0 Å². The summed E-state index contributed by atoms with van der Waals surface area (Å²) in [5.41, 5.74) is 5.76. The standard InChI is InChI=1S/C9H10INO2/c10-8-3-1-7(2-4-8)9(12)13-6-5-11/h1-4H,5-6,11H2. The summed E-state index contributed by atoms with van der Waals surface area (Å²) in [5, 5.41) is 0. The first-order valence-corrected chi connectivity index (χ1v) is 4.94. The topological polar surface area (TPSA) is 52.3 Å². The molecule has 0 aliphatic rings. The van der Waals surface area contributed by atoms with Crippen molar-refractivity contribution in [3.8, 4) is 0 Å². The van der Waals surface area contributed by atoms with Crippen LogP contribution in [0.4, 0.5) is 0 Å². The maximum absolute atomic E-state index is 11.2. The van der Waals surface area contributed by atoms with Crippen molar-refractivity contribution >= 4 is 28.6 Å². The second-order valence-electron chi connectivity index (χ2n) is 2.43. The van der Waals surface area contributed by atoms with E-state index >= 15 is 0 Å². The fourth-order valence-electron chi connectivity index (χ4n) is 0.821. The summed E-state index contributed by atoms with van der Waals surface area (Å²) in [6.07, 6.45) is 0. The molecule has 1 aromatic rings. The Morgan fingerprint density at radius 2 is 2.00 bits per heavy atom. The molecular weight excluding hydrogens is 281 g/mol. The summed E-state index contributed by atoms with van der Waals surface area (Å²) < 4.78 is 5.94. The van der Waals surface area contributed by atoms with Crippen molar-refractivity contribution in [2.75, 3.05) is 13.2 Å². The van der Waals surface area contributed by atoms with Gasteiger partial charge in [-0.15, -0.1) is 0 Å². The second kappa shape index (κ2) is 5.18. The number of benzene rings is 1. The Hall–Kier alpha value is -0.620. The van der Waals surface area contributed by atoms with E-state index in [4.69, 9.17) is 10.5 Å². The Bertz CT molecular complexity index is 284. The molecule has 13 heavy (non-hydrogen) atoms. The minimum absolute atomic E-state index is 0.269. The fraction of sp³-hybridized carbons (Fsp3) is 0.222. The molecule has 0 heterocycles. The minimum atomic E-state index is -0.318. The summed E-state index contributed by atoms with van der Waals surface area (Å²) in [4.78, 5) is 11.2. The van der Waals surface area contributed by atoms with Gasteiger partial charge in [0.1, 0.15) is 6.61 Å². The molecule has 0 aromatic heterocycles. The Morgan fingerprint density at radius 3 is 2.54 bits per heavy atom. The maximum atomic E-state index is 11.2. The number of hydrogen-bond acceptors (Lipinski definition) is 3. The van der Waals surface area contributed by atoms with E-state index in [-0.39, 0.29) is 12.6 Å². The van der Waals surface area contributed by atoms with Crippen LogP contribution >= 0.6 is 22.6 Å². The number of hydrogen-bond donors (Lipinski definition) is 1. The molecule has 0 radical (unpaired) electrons. The van der Waals surface area contributed by atoms with Crippen LogP contribution in [-0.4, -0.2) is 19.1 Å². The van der Waals surface area contributed by atoms with Gasteiger partial charge in [-0.05, 0) is 46.9 Å². The Balaban J connectivity index is 2.61. The van der Waals surface area contributed by atoms with E-state index in [1.807, 2.05) is 12.1 Å². The van der Waals surface area contributed by atoms with Crippen LogP contribution in [0.3, 0.4) is 0 Å². The molecule has 2 N–H and O–H groups in total. The van der Waals surface area contributed by atoms with Gasteiger partial charge in [0.25, 0.3) is 0 Å². The predicted molar refractivity (Wildman–Crippen MR) is 58.5 cm³/mol. The van der Waals surface area contributed by atoms with Crippen LogP contribution in [0.25, 0.3) is 0 Å². The number of ether oxygens (including phenoxy) is 1. The molecule has 0 fully saturated rings. The van der Waals surface area contributed by atoms with Crippen molar-refractivity contribution in [3.05, 3.63) is 33.4 Å². The average Bonchev–Trinajstić information content (AvgIpc) is 2.15. The second-order valence-corrected chi connectivity index (χ2v) is 3.68. The summed E-state index contributed by atoms with van der Waals surface area (Å²) in [7, 11) is 0. The maximum Gasteiger partial charge on any atom is 0.338 e. The highest BCUT2D eigenvalue weighted by Crippen LogP contribution is 2.07. The van der Waals surface area contributed by atoms with Crippen LogP contribution in [0, 0.1) is 3.57 Å². The minimum Gasteiger partial charge on any atom is -0.461 e. The number of halogens is 1. The third kappa shape index (κ3) is 3.31. The SMILES string of the molecule is NCCOC(=O)c1ccc(I)cc1. The first-order valence-electron chi connectivity index (χ1n) is 3.87. The molecule has 0 atom stereocenters. The molecule has 1 aromatic carbocycles. The molecule has 0 aliphatic heterocycles. The van der Waals surface area contributed by atoms with Crippen LogP contribution in [0.15, 0.2) is 24.3 Å². The van der Waals surface area contributed by atoms with Gasteiger partial charge in [0.15, 0.2) is 0 Å². The van der Waals surface area contributed by atoms with E-state index in [2.05, 4.69) is 22.6 Å². The van der Waals surface area contributed by atoms with Gasteiger partial charge in [0, 0.05) is 10.1 Å². The molecule has 0 saturated heterocycles. The van der Waals surface area contributed by atoms with E-state index in [0.29, 0.717) is 12.1 Å². The van der Waals surface area contributed by atoms with E-state index in [1.165, 1.54) is 0 Å². The quantitative estimate of drug-likeness (QED) is 0.676. The molecule has 3 nitrogen and oxygen atoms in total. The van der Waals surface area contributed by atoms with Crippen LogP contribution in [0.5, 0.6) is 0 Å². The lowest BCUT2D eigenvalue weighted by Gasteiger charge is -2.02. The lowest BCUT2D eigenvalue weighted by Crippen LogP contribution is -2.13. The monoisotopic (exact) mass is 291 g/mol. The Labute approximate surface area is 90.4 Å². The molecule has 1 rings (SSSR count). The van der Waals surface area contributed by atoms with Crippen molar-refractivity contribution in [2.45, 2.75) is 0 Å². The van der Waals surface area contributed by atoms with Gasteiger partial charge in [-0.3, -0.25) is 0 Å². The molecule has 4 heteroatoms. The lowest BCUT2D eigenvalue weighted by atomic mass is 10.2. The highest BCUT2D eigenvalue weighted by Gasteiger charge is 2.04. The highest BCUT2D eigenvalue weighted by atomic mass is 127. The number of esters is 1. The van der Waals surface area contributed by atoms with E-state index in [0.717, 1.165) is 3.57 Å². The van der Waals surface area contributed by atoms with Gasteiger partial charge >= 0.3 is 5.97 Å². The highest BCUT2D eigenvalue weighted by molar-refractivity contribution is 14.1. The van der Waals surface area contributed by atoms with Gasteiger partial charge in [0.05, 0.1) is 5.56 Å². The average molecular weight is 291 g/mol. The third-order valence-corrected chi connectivity index (χ3v) is 2.15. The number of rotatable bonds is 3. The molecule has 0 saturated carbocycles. The van der Waals surface area contributed by atoms with Crippen molar-refractivity contribution in [2.24, 2.45) is 5.73 Å². The van der Waals surface area contributed by atoms with Crippen LogP contribution < -0.4 is 5.73 Å². The summed E-state index contributed by atoms with van der Waals surface area (Å²) in [5.74, 6) is -0.318. The summed E-state index contributed by atoms with van der Waals surface area (Å²) >= 11 is 2.18. The Morgan fingerprint density at radius 1 is 1.38 bits per heavy atom. The zero-order chi connectivity index (χ0) is 9.68. The summed E-state index contributed by atoms with van der Waals surface area (Å²) in [6, 6.07) is 7.19. The van der Waals surface area contributed by atoms with E-state index in [1.54, 1.807) is 12.1 Å². The normalized spacial score (nSPS) is 9.69. The fourth-order valence-corrected chi connectivity index (χ4v) is 1.18.